The normalized spacial score (nSPS) is 17.3. The van der Waals surface area contributed by atoms with Crippen molar-refractivity contribution in [2.75, 3.05) is 25.5 Å². The lowest BCUT2D eigenvalue weighted by molar-refractivity contribution is -0.131. The van der Waals surface area contributed by atoms with E-state index < -0.39 is 0 Å². The number of rotatable bonds is 5. The van der Waals surface area contributed by atoms with Gasteiger partial charge >= 0.3 is 0 Å². The number of likely N-dealkylation sites (N-methyl/N-ethyl adjacent to an activating group) is 1. The predicted molar refractivity (Wildman–Crippen MR) is 85.0 cm³/mol. The van der Waals surface area contributed by atoms with Crippen LogP contribution in [-0.4, -0.2) is 50.9 Å². The number of nitrogens with zero attached hydrogens (tertiary/aromatic N) is 5. The molecular formula is C15H19N7O. The van der Waals surface area contributed by atoms with Gasteiger partial charge in [0.2, 0.25) is 11.9 Å². The molecule has 0 radical (unpaired) electrons. The average molecular weight is 313 g/mol. The van der Waals surface area contributed by atoms with Crippen LogP contribution in [0.15, 0.2) is 30.9 Å². The highest BCUT2D eigenvalue weighted by atomic mass is 16.2. The molecular weight excluding hydrogens is 294 g/mol. The van der Waals surface area contributed by atoms with E-state index in [1.165, 1.54) is 0 Å². The molecule has 1 atom stereocenters. The van der Waals surface area contributed by atoms with E-state index in [-0.39, 0.29) is 11.9 Å². The van der Waals surface area contributed by atoms with Gasteiger partial charge in [0, 0.05) is 25.1 Å². The van der Waals surface area contributed by atoms with Gasteiger partial charge in [0.05, 0.1) is 24.5 Å². The van der Waals surface area contributed by atoms with Gasteiger partial charge in [-0.15, -0.1) is 0 Å². The smallest absolute Gasteiger partial charge is 0.237 e. The lowest BCUT2D eigenvalue weighted by Crippen LogP contribution is -2.37. The Hall–Kier alpha value is -2.61. The number of hydrogen-bond donors (Lipinski definition) is 2. The van der Waals surface area contributed by atoms with Crippen LogP contribution in [0.25, 0.3) is 0 Å². The van der Waals surface area contributed by atoms with Crippen molar-refractivity contribution in [1.82, 2.24) is 30.2 Å². The molecule has 0 aromatic carbocycles. The van der Waals surface area contributed by atoms with Crippen LogP contribution in [0.4, 0.5) is 11.8 Å². The fourth-order valence-electron chi connectivity index (χ4n) is 2.72. The summed E-state index contributed by atoms with van der Waals surface area (Å²) in [5, 5.41) is 5.93. The van der Waals surface area contributed by atoms with Gasteiger partial charge in [-0.1, -0.05) is 0 Å². The molecule has 0 saturated carbocycles. The Morgan fingerprint density at radius 3 is 3.04 bits per heavy atom. The molecule has 23 heavy (non-hydrogen) atoms. The van der Waals surface area contributed by atoms with Gasteiger partial charge in [0.25, 0.3) is 0 Å². The maximum absolute atomic E-state index is 12.2. The van der Waals surface area contributed by atoms with Crippen molar-refractivity contribution < 1.29 is 4.79 Å². The lowest BCUT2D eigenvalue weighted by atomic mass is 10.1. The number of amides is 1. The van der Waals surface area contributed by atoms with Gasteiger partial charge < -0.3 is 15.5 Å². The number of nitrogens with one attached hydrogen (secondary N) is 2. The summed E-state index contributed by atoms with van der Waals surface area (Å²) in [6, 6.07) is 1.86. The van der Waals surface area contributed by atoms with E-state index >= 15 is 0 Å². The Kier molecular flexibility index (Phi) is 4.72. The summed E-state index contributed by atoms with van der Waals surface area (Å²) in [5.41, 5.74) is 0.841. The van der Waals surface area contributed by atoms with Crippen molar-refractivity contribution >= 4 is 17.7 Å². The van der Waals surface area contributed by atoms with Crippen LogP contribution in [0.3, 0.4) is 0 Å². The molecule has 1 aliphatic heterocycles. The van der Waals surface area contributed by atoms with E-state index in [4.69, 9.17) is 0 Å². The molecule has 2 aromatic heterocycles. The number of carbonyl (C=O) groups excluding carboxylic acids is 1. The molecule has 1 saturated heterocycles. The van der Waals surface area contributed by atoms with Crippen LogP contribution in [0.2, 0.25) is 0 Å². The monoisotopic (exact) mass is 313 g/mol. The standard InChI is InChI=1S/C15H19N7O/c1-16-10-14(23)22-8-2-3-12(22)11-4-5-19-15(20-11)21-13-9-17-6-7-18-13/h4-7,9,12,16H,2-3,8,10H2,1H3,(H,18,19,20,21). The largest absolute Gasteiger partial charge is 0.333 e. The second-order valence-corrected chi connectivity index (χ2v) is 5.30. The van der Waals surface area contributed by atoms with Crippen LogP contribution in [-0.2, 0) is 4.79 Å². The highest BCUT2D eigenvalue weighted by molar-refractivity contribution is 5.79. The summed E-state index contributed by atoms with van der Waals surface area (Å²) in [6.07, 6.45) is 8.40. The molecule has 2 aromatic rings. The topological polar surface area (TPSA) is 95.9 Å². The molecule has 3 heterocycles. The summed E-state index contributed by atoms with van der Waals surface area (Å²) in [4.78, 5) is 31.0. The first-order valence-electron chi connectivity index (χ1n) is 7.58. The summed E-state index contributed by atoms with van der Waals surface area (Å²) in [6.45, 7) is 1.11. The zero-order valence-electron chi connectivity index (χ0n) is 12.9. The third-order valence-corrected chi connectivity index (χ3v) is 3.72. The molecule has 1 unspecified atom stereocenters. The second-order valence-electron chi connectivity index (χ2n) is 5.30. The van der Waals surface area contributed by atoms with Gasteiger partial charge in [0.1, 0.15) is 0 Å². The van der Waals surface area contributed by atoms with E-state index in [0.717, 1.165) is 25.1 Å². The number of anilines is 2. The van der Waals surface area contributed by atoms with Gasteiger partial charge in [0.15, 0.2) is 5.82 Å². The molecule has 1 amide bonds. The fourth-order valence-corrected chi connectivity index (χ4v) is 2.72. The first-order valence-corrected chi connectivity index (χ1v) is 7.58. The Morgan fingerprint density at radius 1 is 1.35 bits per heavy atom. The van der Waals surface area contributed by atoms with Gasteiger partial charge in [-0.25, -0.2) is 15.0 Å². The third-order valence-electron chi connectivity index (χ3n) is 3.72. The molecule has 0 spiro atoms. The van der Waals surface area contributed by atoms with Crippen molar-refractivity contribution in [3.8, 4) is 0 Å². The highest BCUT2D eigenvalue weighted by Gasteiger charge is 2.30. The van der Waals surface area contributed by atoms with Gasteiger partial charge in [-0.2, -0.15) is 0 Å². The maximum atomic E-state index is 12.2. The summed E-state index contributed by atoms with van der Waals surface area (Å²) < 4.78 is 0. The number of likely N-dealkylation sites (tertiary alicyclic amines) is 1. The maximum Gasteiger partial charge on any atom is 0.237 e. The zero-order valence-corrected chi connectivity index (χ0v) is 12.9. The molecule has 2 N–H and O–H groups in total. The number of carbonyl (C=O) groups is 1. The summed E-state index contributed by atoms with van der Waals surface area (Å²) in [7, 11) is 1.77. The van der Waals surface area contributed by atoms with E-state index in [0.29, 0.717) is 18.3 Å². The number of aromatic nitrogens is 4. The molecule has 1 fully saturated rings. The minimum Gasteiger partial charge on any atom is -0.333 e. The van der Waals surface area contributed by atoms with E-state index in [9.17, 15) is 4.79 Å². The summed E-state index contributed by atoms with van der Waals surface area (Å²) in [5.74, 6) is 1.13. The van der Waals surface area contributed by atoms with E-state index in [1.807, 2.05) is 11.0 Å². The zero-order chi connectivity index (χ0) is 16.1. The Morgan fingerprint density at radius 2 is 2.26 bits per heavy atom. The van der Waals surface area contributed by atoms with Gasteiger partial charge in [-0.05, 0) is 26.0 Å². The van der Waals surface area contributed by atoms with Crippen LogP contribution in [0.1, 0.15) is 24.6 Å². The van der Waals surface area contributed by atoms with Crippen LogP contribution in [0, 0.1) is 0 Å². The number of hydrogen-bond acceptors (Lipinski definition) is 7. The molecule has 0 aliphatic carbocycles. The first kappa shape index (κ1) is 15.3. The Bertz CT molecular complexity index is 664. The quantitative estimate of drug-likeness (QED) is 0.846. The van der Waals surface area contributed by atoms with E-state index in [1.54, 1.807) is 31.8 Å². The predicted octanol–water partition coefficient (Wildman–Crippen LogP) is 0.893. The Labute approximate surface area is 134 Å². The van der Waals surface area contributed by atoms with Gasteiger partial charge in [-0.3, -0.25) is 9.78 Å². The van der Waals surface area contributed by atoms with Crippen molar-refractivity contribution in [3.05, 3.63) is 36.5 Å². The van der Waals surface area contributed by atoms with Crippen molar-refractivity contribution in [1.29, 1.82) is 0 Å². The van der Waals surface area contributed by atoms with E-state index in [2.05, 4.69) is 30.6 Å². The first-order chi connectivity index (χ1) is 11.3. The van der Waals surface area contributed by atoms with Crippen molar-refractivity contribution in [2.24, 2.45) is 0 Å². The average Bonchev–Trinajstić information content (AvgIpc) is 3.06. The summed E-state index contributed by atoms with van der Waals surface area (Å²) >= 11 is 0. The molecule has 3 rings (SSSR count). The van der Waals surface area contributed by atoms with Crippen molar-refractivity contribution in [3.63, 3.8) is 0 Å². The SMILES string of the molecule is CNCC(=O)N1CCCC1c1ccnc(Nc2cnccn2)n1. The minimum atomic E-state index is 0.00116. The molecule has 8 nitrogen and oxygen atoms in total. The fraction of sp³-hybridized carbons (Fsp3) is 0.400. The second kappa shape index (κ2) is 7.10. The Balaban J connectivity index is 1.77. The van der Waals surface area contributed by atoms with Crippen LogP contribution >= 0.6 is 0 Å². The molecule has 0 bridgehead atoms. The van der Waals surface area contributed by atoms with Crippen LogP contribution < -0.4 is 10.6 Å². The minimum absolute atomic E-state index is 0.00116. The molecule has 1 aliphatic rings. The lowest BCUT2D eigenvalue weighted by Gasteiger charge is -2.24. The highest BCUT2D eigenvalue weighted by Crippen LogP contribution is 2.31. The molecule has 120 valence electrons. The van der Waals surface area contributed by atoms with Crippen molar-refractivity contribution in [2.45, 2.75) is 18.9 Å². The van der Waals surface area contributed by atoms with Crippen LogP contribution in [0.5, 0.6) is 0 Å². The molecule has 8 heteroatoms. The third kappa shape index (κ3) is 3.59.